The van der Waals surface area contributed by atoms with Gasteiger partial charge in [-0.15, -0.1) is 0 Å². The molecule has 2 amide bonds. The minimum Gasteiger partial charge on any atom is -0.345 e. The number of nitrogens with one attached hydrogen (secondary N) is 2. The molecule has 1 unspecified atom stereocenters. The summed E-state index contributed by atoms with van der Waals surface area (Å²) >= 11 is 0. The van der Waals surface area contributed by atoms with Crippen LogP contribution >= 0.6 is 0 Å². The first kappa shape index (κ1) is 14.5. The lowest BCUT2D eigenvalue weighted by Gasteiger charge is -2.14. The average molecular weight is 275 g/mol. The molecular formula is C15H21N3O2. The fourth-order valence-corrected chi connectivity index (χ4v) is 2.35. The number of aryl methyl sites for hydroxylation is 1. The molecule has 1 heterocycles. The van der Waals surface area contributed by atoms with Gasteiger partial charge in [-0.2, -0.15) is 0 Å². The molecule has 20 heavy (non-hydrogen) atoms. The van der Waals surface area contributed by atoms with Crippen molar-refractivity contribution < 1.29 is 9.59 Å². The number of carbonyl (C=O) groups is 2. The number of rotatable bonds is 3. The highest BCUT2D eigenvalue weighted by atomic mass is 16.2. The first-order valence-corrected chi connectivity index (χ1v) is 6.83. The van der Waals surface area contributed by atoms with Gasteiger partial charge in [-0.05, 0) is 43.7 Å². The highest BCUT2D eigenvalue weighted by Gasteiger charge is 2.22. The minimum absolute atomic E-state index is 0.0274. The Balaban J connectivity index is 2.09. The molecule has 0 radical (unpaired) electrons. The molecule has 1 atom stereocenters. The molecule has 2 rings (SSSR count). The number of benzene rings is 1. The summed E-state index contributed by atoms with van der Waals surface area (Å²) in [5.41, 5.74) is 2.27. The Kier molecular flexibility index (Phi) is 4.39. The molecule has 2 N–H and O–H groups in total. The number of anilines is 1. The summed E-state index contributed by atoms with van der Waals surface area (Å²) in [5.74, 6) is 0.0554. The maximum atomic E-state index is 12.0. The van der Waals surface area contributed by atoms with E-state index in [4.69, 9.17) is 0 Å². The van der Waals surface area contributed by atoms with Gasteiger partial charge in [0.05, 0.1) is 5.92 Å². The predicted octanol–water partition coefficient (Wildman–Crippen LogP) is 1.24. The van der Waals surface area contributed by atoms with Gasteiger partial charge in [-0.25, -0.2) is 0 Å². The molecule has 108 valence electrons. The second-order valence-corrected chi connectivity index (χ2v) is 5.41. The van der Waals surface area contributed by atoms with Crippen LogP contribution in [-0.4, -0.2) is 43.9 Å². The summed E-state index contributed by atoms with van der Waals surface area (Å²) in [5, 5.41) is 6.09. The maximum absolute atomic E-state index is 12.0. The largest absolute Gasteiger partial charge is 0.345 e. The van der Waals surface area contributed by atoms with Crippen LogP contribution in [0.5, 0.6) is 0 Å². The van der Waals surface area contributed by atoms with Crippen LogP contribution in [0, 0.1) is 12.8 Å². The molecule has 0 aliphatic carbocycles. The molecular weight excluding hydrogens is 254 g/mol. The van der Waals surface area contributed by atoms with Crippen LogP contribution in [0.15, 0.2) is 18.2 Å². The molecule has 1 aromatic rings. The van der Waals surface area contributed by atoms with Gasteiger partial charge in [0.15, 0.2) is 0 Å². The first-order valence-electron chi connectivity index (χ1n) is 6.83. The number of hydrogen-bond acceptors (Lipinski definition) is 3. The zero-order valence-corrected chi connectivity index (χ0v) is 12.2. The third-order valence-corrected chi connectivity index (χ3v) is 3.56. The zero-order chi connectivity index (χ0) is 14.7. The van der Waals surface area contributed by atoms with E-state index < -0.39 is 0 Å². The SMILES string of the molecule is Cc1cc(NC(=O)C2CCNC2)ccc1C(=O)N(C)C. The van der Waals surface area contributed by atoms with Crippen molar-refractivity contribution in [2.45, 2.75) is 13.3 Å². The van der Waals surface area contributed by atoms with Gasteiger partial charge in [0.2, 0.25) is 5.91 Å². The topological polar surface area (TPSA) is 61.4 Å². The van der Waals surface area contributed by atoms with Crippen molar-refractivity contribution in [2.24, 2.45) is 5.92 Å². The Morgan fingerprint density at radius 3 is 2.65 bits per heavy atom. The van der Waals surface area contributed by atoms with Crippen LogP contribution in [0.4, 0.5) is 5.69 Å². The smallest absolute Gasteiger partial charge is 0.253 e. The van der Waals surface area contributed by atoms with Crippen molar-refractivity contribution in [3.05, 3.63) is 29.3 Å². The third kappa shape index (κ3) is 3.17. The summed E-state index contributed by atoms with van der Waals surface area (Å²) in [4.78, 5) is 25.5. The summed E-state index contributed by atoms with van der Waals surface area (Å²) in [6.45, 7) is 3.51. The lowest BCUT2D eigenvalue weighted by molar-refractivity contribution is -0.119. The van der Waals surface area contributed by atoms with E-state index in [0.717, 1.165) is 30.8 Å². The average Bonchev–Trinajstić information content (AvgIpc) is 2.92. The Hall–Kier alpha value is -1.88. The van der Waals surface area contributed by atoms with Gasteiger partial charge in [-0.1, -0.05) is 0 Å². The quantitative estimate of drug-likeness (QED) is 0.872. The minimum atomic E-state index is -0.0274. The fraction of sp³-hybridized carbons (Fsp3) is 0.467. The molecule has 1 aromatic carbocycles. The van der Waals surface area contributed by atoms with Crippen LogP contribution in [0.3, 0.4) is 0 Å². The standard InChI is InChI=1S/C15H21N3O2/c1-10-8-12(4-5-13(10)15(20)18(2)3)17-14(19)11-6-7-16-9-11/h4-5,8,11,16H,6-7,9H2,1-3H3,(H,17,19). The van der Waals surface area contributed by atoms with Crippen molar-refractivity contribution in [2.75, 3.05) is 32.5 Å². The van der Waals surface area contributed by atoms with E-state index >= 15 is 0 Å². The van der Waals surface area contributed by atoms with Crippen molar-refractivity contribution in [1.82, 2.24) is 10.2 Å². The molecule has 1 fully saturated rings. The van der Waals surface area contributed by atoms with Crippen molar-refractivity contribution >= 4 is 17.5 Å². The van der Waals surface area contributed by atoms with Crippen LogP contribution in [-0.2, 0) is 4.79 Å². The van der Waals surface area contributed by atoms with E-state index in [9.17, 15) is 9.59 Å². The number of carbonyl (C=O) groups excluding carboxylic acids is 2. The van der Waals surface area contributed by atoms with E-state index in [1.807, 2.05) is 13.0 Å². The monoisotopic (exact) mass is 275 g/mol. The van der Waals surface area contributed by atoms with E-state index in [2.05, 4.69) is 10.6 Å². The Labute approximate surface area is 119 Å². The summed E-state index contributed by atoms with van der Waals surface area (Å²) in [7, 11) is 3.45. The highest BCUT2D eigenvalue weighted by Crippen LogP contribution is 2.18. The van der Waals surface area contributed by atoms with Gasteiger partial charge in [0.1, 0.15) is 0 Å². The molecule has 5 nitrogen and oxygen atoms in total. The maximum Gasteiger partial charge on any atom is 0.253 e. The number of nitrogens with zero attached hydrogens (tertiary/aromatic N) is 1. The Morgan fingerprint density at radius 1 is 1.35 bits per heavy atom. The molecule has 0 aromatic heterocycles. The molecule has 0 bridgehead atoms. The third-order valence-electron chi connectivity index (χ3n) is 3.56. The van der Waals surface area contributed by atoms with Crippen molar-refractivity contribution in [3.8, 4) is 0 Å². The number of amides is 2. The first-order chi connectivity index (χ1) is 9.49. The molecule has 1 aliphatic rings. The van der Waals surface area contributed by atoms with E-state index in [-0.39, 0.29) is 17.7 Å². The summed E-state index contributed by atoms with van der Waals surface area (Å²) < 4.78 is 0. The molecule has 5 heteroatoms. The van der Waals surface area contributed by atoms with Crippen molar-refractivity contribution in [1.29, 1.82) is 0 Å². The zero-order valence-electron chi connectivity index (χ0n) is 12.2. The molecule has 0 saturated carbocycles. The van der Waals surface area contributed by atoms with Gasteiger partial charge in [0, 0.05) is 31.9 Å². The van der Waals surface area contributed by atoms with E-state index in [1.54, 1.807) is 31.1 Å². The highest BCUT2D eigenvalue weighted by molar-refractivity contribution is 5.97. The number of hydrogen-bond donors (Lipinski definition) is 2. The predicted molar refractivity (Wildman–Crippen MR) is 78.8 cm³/mol. The van der Waals surface area contributed by atoms with Gasteiger partial charge < -0.3 is 15.5 Å². The van der Waals surface area contributed by atoms with Crippen LogP contribution < -0.4 is 10.6 Å². The van der Waals surface area contributed by atoms with Crippen LogP contribution in [0.25, 0.3) is 0 Å². The van der Waals surface area contributed by atoms with Crippen LogP contribution in [0.2, 0.25) is 0 Å². The lowest BCUT2D eigenvalue weighted by Crippen LogP contribution is -2.25. The summed E-state index contributed by atoms with van der Waals surface area (Å²) in [6, 6.07) is 5.39. The second kappa shape index (κ2) is 6.05. The second-order valence-electron chi connectivity index (χ2n) is 5.41. The van der Waals surface area contributed by atoms with Crippen molar-refractivity contribution in [3.63, 3.8) is 0 Å². The Bertz CT molecular complexity index is 520. The Morgan fingerprint density at radius 2 is 2.10 bits per heavy atom. The van der Waals surface area contributed by atoms with Gasteiger partial charge in [-0.3, -0.25) is 9.59 Å². The van der Waals surface area contributed by atoms with Crippen LogP contribution in [0.1, 0.15) is 22.3 Å². The normalized spacial score (nSPS) is 17.9. The molecule has 1 aliphatic heterocycles. The fourth-order valence-electron chi connectivity index (χ4n) is 2.35. The van der Waals surface area contributed by atoms with E-state index in [1.165, 1.54) is 0 Å². The molecule has 0 spiro atoms. The lowest BCUT2D eigenvalue weighted by atomic mass is 10.1. The summed E-state index contributed by atoms with van der Waals surface area (Å²) in [6.07, 6.45) is 0.877. The molecule has 1 saturated heterocycles. The van der Waals surface area contributed by atoms with Gasteiger partial charge in [0.25, 0.3) is 5.91 Å². The van der Waals surface area contributed by atoms with Gasteiger partial charge >= 0.3 is 0 Å². The van der Waals surface area contributed by atoms with E-state index in [0.29, 0.717) is 5.56 Å².